The van der Waals surface area contributed by atoms with Gasteiger partial charge in [-0.3, -0.25) is 4.79 Å². The number of rotatable bonds is 6. The maximum Gasteiger partial charge on any atom is 0.257 e. The van der Waals surface area contributed by atoms with Crippen molar-refractivity contribution in [3.05, 3.63) is 36.3 Å². The fraction of sp³-hybridized carbons (Fsp3) is 0.476. The first kappa shape index (κ1) is 19.1. The van der Waals surface area contributed by atoms with Crippen LogP contribution in [0, 0.1) is 11.5 Å². The lowest BCUT2D eigenvalue weighted by atomic mass is 10.0. The van der Waals surface area contributed by atoms with E-state index in [2.05, 4.69) is 21.1 Å². The highest BCUT2D eigenvalue weighted by molar-refractivity contribution is 5.94. The number of hydrogen-bond donors (Lipinski definition) is 0. The maximum absolute atomic E-state index is 13.2. The number of pyridine rings is 1. The fourth-order valence-electron chi connectivity index (χ4n) is 3.71. The molecule has 1 saturated heterocycles. The number of nitrogens with zero attached hydrogens (tertiary/aromatic N) is 6. The molecular weight excluding hydrogens is 368 g/mol. The highest BCUT2D eigenvalue weighted by Gasteiger charge is 2.39. The van der Waals surface area contributed by atoms with Gasteiger partial charge in [-0.15, -0.1) is 0 Å². The Balaban J connectivity index is 1.47. The summed E-state index contributed by atoms with van der Waals surface area (Å²) in [5.41, 5.74) is 1.28. The van der Waals surface area contributed by atoms with Crippen molar-refractivity contribution < 1.29 is 9.53 Å². The van der Waals surface area contributed by atoms with Crippen LogP contribution in [-0.4, -0.2) is 62.4 Å². The largest absolute Gasteiger partial charge is 0.478 e. The zero-order valence-electron chi connectivity index (χ0n) is 16.5. The monoisotopic (exact) mass is 392 g/mol. The molecule has 1 saturated carbocycles. The summed E-state index contributed by atoms with van der Waals surface area (Å²) in [5, 5.41) is 9.05. The minimum Gasteiger partial charge on any atom is -0.478 e. The molecule has 2 aromatic heterocycles. The highest BCUT2D eigenvalue weighted by atomic mass is 16.5. The number of carbonyl (C=O) groups is 1. The van der Waals surface area contributed by atoms with Gasteiger partial charge in [0.2, 0.25) is 5.88 Å². The Morgan fingerprint density at radius 2 is 1.83 bits per heavy atom. The van der Waals surface area contributed by atoms with E-state index in [1.165, 1.54) is 0 Å². The van der Waals surface area contributed by atoms with Crippen molar-refractivity contribution in [3.8, 4) is 23.5 Å². The molecule has 2 aliphatic rings. The van der Waals surface area contributed by atoms with Gasteiger partial charge in [-0.05, 0) is 38.7 Å². The van der Waals surface area contributed by atoms with Gasteiger partial charge in [-0.1, -0.05) is 0 Å². The maximum atomic E-state index is 13.2. The Bertz CT molecular complexity index is 881. The lowest BCUT2D eigenvalue weighted by Crippen LogP contribution is -2.47. The predicted octanol–water partition coefficient (Wildman–Crippen LogP) is 2.49. The van der Waals surface area contributed by atoms with Gasteiger partial charge < -0.3 is 14.5 Å². The molecule has 4 rings (SSSR count). The topological polar surface area (TPSA) is 95.2 Å². The Hall–Kier alpha value is -3.21. The predicted molar refractivity (Wildman–Crippen MR) is 106 cm³/mol. The van der Waals surface area contributed by atoms with Gasteiger partial charge >= 0.3 is 0 Å². The number of amides is 1. The highest BCUT2D eigenvalue weighted by Crippen LogP contribution is 2.33. The van der Waals surface area contributed by atoms with Crippen LogP contribution in [0.1, 0.15) is 43.0 Å². The molecule has 150 valence electrons. The second-order valence-electron chi connectivity index (χ2n) is 7.38. The number of hydrogen-bond acceptors (Lipinski definition) is 7. The van der Waals surface area contributed by atoms with Crippen LogP contribution in [0.3, 0.4) is 0 Å². The number of likely N-dealkylation sites (tertiary alicyclic amines) is 1. The molecule has 0 unspecified atom stereocenters. The van der Waals surface area contributed by atoms with Crippen LogP contribution in [0.4, 0.5) is 0 Å². The molecule has 0 atom stereocenters. The second kappa shape index (κ2) is 8.43. The standard InChI is InChI=1S/C21H24N6O2/c1-2-29-19-6-3-15(11-23-19)20-24-12-16(13-25-20)21(28)27(17-4-5-17)18-7-9-26(14-22)10-8-18/h3,6,11-13,17-18H,2,4-5,7-10H2,1H3. The smallest absolute Gasteiger partial charge is 0.257 e. The van der Waals surface area contributed by atoms with E-state index in [9.17, 15) is 4.79 Å². The molecule has 1 aliphatic heterocycles. The third kappa shape index (κ3) is 4.29. The Morgan fingerprint density at radius 1 is 1.14 bits per heavy atom. The molecule has 0 spiro atoms. The summed E-state index contributed by atoms with van der Waals surface area (Å²) in [7, 11) is 0. The zero-order valence-corrected chi connectivity index (χ0v) is 16.5. The quantitative estimate of drug-likeness (QED) is 0.697. The molecule has 8 nitrogen and oxygen atoms in total. The molecule has 3 heterocycles. The number of carbonyl (C=O) groups excluding carboxylic acids is 1. The van der Waals surface area contributed by atoms with E-state index in [4.69, 9.17) is 10.00 Å². The minimum atomic E-state index is -0.0146. The summed E-state index contributed by atoms with van der Waals surface area (Å²) in [5.74, 6) is 1.07. The first-order valence-corrected chi connectivity index (χ1v) is 10.1. The van der Waals surface area contributed by atoms with E-state index < -0.39 is 0 Å². The Kier molecular flexibility index (Phi) is 5.56. The van der Waals surface area contributed by atoms with Gasteiger partial charge in [0.05, 0.1) is 12.2 Å². The molecule has 2 fully saturated rings. The lowest BCUT2D eigenvalue weighted by molar-refractivity contribution is 0.0584. The van der Waals surface area contributed by atoms with Crippen molar-refractivity contribution in [2.24, 2.45) is 0 Å². The molecule has 8 heteroatoms. The van der Waals surface area contributed by atoms with E-state index in [1.807, 2.05) is 17.9 Å². The van der Waals surface area contributed by atoms with Crippen LogP contribution in [0.15, 0.2) is 30.7 Å². The van der Waals surface area contributed by atoms with Crippen molar-refractivity contribution in [3.63, 3.8) is 0 Å². The van der Waals surface area contributed by atoms with Crippen LogP contribution in [0.2, 0.25) is 0 Å². The van der Waals surface area contributed by atoms with Crippen LogP contribution in [0.25, 0.3) is 11.4 Å². The van der Waals surface area contributed by atoms with E-state index in [-0.39, 0.29) is 11.9 Å². The van der Waals surface area contributed by atoms with Crippen LogP contribution < -0.4 is 4.74 Å². The minimum absolute atomic E-state index is 0.0146. The van der Waals surface area contributed by atoms with Crippen molar-refractivity contribution in [2.45, 2.75) is 44.7 Å². The zero-order chi connectivity index (χ0) is 20.2. The fourth-order valence-corrected chi connectivity index (χ4v) is 3.71. The molecule has 1 amide bonds. The summed E-state index contributed by atoms with van der Waals surface area (Å²) in [6.45, 7) is 3.88. The van der Waals surface area contributed by atoms with E-state index in [0.717, 1.165) is 31.2 Å². The lowest BCUT2D eigenvalue weighted by Gasteiger charge is -2.37. The van der Waals surface area contributed by atoms with Crippen molar-refractivity contribution in [1.29, 1.82) is 5.26 Å². The van der Waals surface area contributed by atoms with Gasteiger partial charge in [-0.25, -0.2) is 15.0 Å². The van der Waals surface area contributed by atoms with E-state index in [0.29, 0.717) is 43.0 Å². The van der Waals surface area contributed by atoms with Gasteiger partial charge in [-0.2, -0.15) is 5.26 Å². The van der Waals surface area contributed by atoms with E-state index >= 15 is 0 Å². The molecule has 0 radical (unpaired) electrons. The van der Waals surface area contributed by atoms with E-state index in [1.54, 1.807) is 29.6 Å². The number of piperidine rings is 1. The molecule has 0 bridgehead atoms. The molecule has 2 aromatic rings. The third-order valence-corrected chi connectivity index (χ3v) is 5.36. The average molecular weight is 392 g/mol. The molecule has 0 N–H and O–H groups in total. The molecular formula is C21H24N6O2. The van der Waals surface area contributed by atoms with Gasteiger partial charge in [0, 0.05) is 55.4 Å². The first-order valence-electron chi connectivity index (χ1n) is 10.1. The average Bonchev–Trinajstić information content (AvgIpc) is 3.60. The molecule has 1 aliphatic carbocycles. The Morgan fingerprint density at radius 3 is 2.38 bits per heavy atom. The van der Waals surface area contributed by atoms with Crippen LogP contribution >= 0.6 is 0 Å². The summed E-state index contributed by atoms with van der Waals surface area (Å²) < 4.78 is 5.35. The third-order valence-electron chi connectivity index (χ3n) is 5.36. The van der Waals surface area contributed by atoms with Crippen molar-refractivity contribution >= 4 is 5.91 Å². The first-order chi connectivity index (χ1) is 14.2. The van der Waals surface area contributed by atoms with Gasteiger partial charge in [0.15, 0.2) is 12.0 Å². The summed E-state index contributed by atoms with van der Waals surface area (Å²) >= 11 is 0. The number of nitriles is 1. The summed E-state index contributed by atoms with van der Waals surface area (Å²) in [4.78, 5) is 30.0. The van der Waals surface area contributed by atoms with Crippen LogP contribution in [0.5, 0.6) is 5.88 Å². The SMILES string of the molecule is CCOc1ccc(-c2ncc(C(=O)N(C3CC3)C3CCN(C#N)CC3)cn2)cn1. The normalized spacial score (nSPS) is 16.9. The Labute approximate surface area is 170 Å². The summed E-state index contributed by atoms with van der Waals surface area (Å²) in [6.07, 6.45) is 10.8. The van der Waals surface area contributed by atoms with Crippen molar-refractivity contribution in [1.82, 2.24) is 24.8 Å². The summed E-state index contributed by atoms with van der Waals surface area (Å²) in [6, 6.07) is 4.11. The van der Waals surface area contributed by atoms with Gasteiger partial charge in [0.1, 0.15) is 0 Å². The number of aromatic nitrogens is 3. The second-order valence-corrected chi connectivity index (χ2v) is 7.38. The van der Waals surface area contributed by atoms with Gasteiger partial charge in [0.25, 0.3) is 5.91 Å². The molecule has 0 aromatic carbocycles. The van der Waals surface area contributed by atoms with Crippen LogP contribution in [-0.2, 0) is 0 Å². The molecule has 29 heavy (non-hydrogen) atoms. The van der Waals surface area contributed by atoms with Crippen molar-refractivity contribution in [2.75, 3.05) is 19.7 Å². The number of ether oxygens (including phenoxy) is 1.